The molecule has 3 heterocycles. The topological polar surface area (TPSA) is 67.9 Å². The van der Waals surface area contributed by atoms with Crippen molar-refractivity contribution in [3.8, 4) is 17.0 Å². The number of aliphatic imine (C=N–C) groups is 1. The molecule has 0 N–H and O–H groups in total. The highest BCUT2D eigenvalue weighted by atomic mass is 35.5. The van der Waals surface area contributed by atoms with Crippen molar-refractivity contribution in [2.75, 3.05) is 20.1 Å². The van der Waals surface area contributed by atoms with Crippen LogP contribution in [0.1, 0.15) is 41.3 Å². The molecule has 0 spiro atoms. The van der Waals surface area contributed by atoms with E-state index in [1.54, 1.807) is 12.1 Å². The second-order valence-electron chi connectivity index (χ2n) is 7.71. The minimum absolute atomic E-state index is 0.0128. The van der Waals surface area contributed by atoms with Gasteiger partial charge in [-0.15, -0.1) is 11.3 Å². The normalized spacial score (nSPS) is 13.7. The van der Waals surface area contributed by atoms with E-state index in [1.807, 2.05) is 45.2 Å². The van der Waals surface area contributed by atoms with Crippen LogP contribution in [0.4, 0.5) is 0 Å². The smallest absolute Gasteiger partial charge is 0.173 e. The molecule has 162 valence electrons. The van der Waals surface area contributed by atoms with Gasteiger partial charge in [-0.25, -0.2) is 0 Å². The molecule has 0 bridgehead atoms. The fraction of sp³-hybridized carbons (Fsp3) is 0.348. The van der Waals surface area contributed by atoms with Crippen molar-refractivity contribution >= 4 is 34.6 Å². The number of carbonyl (C=O) groups excluding carboxylic acids is 1. The molecule has 2 aromatic heterocycles. The average Bonchev–Trinajstić information content (AvgIpc) is 3.47. The molecule has 8 heteroatoms. The predicted octanol–water partition coefficient (Wildman–Crippen LogP) is 5.35. The van der Waals surface area contributed by atoms with Crippen LogP contribution in [0.5, 0.6) is 5.75 Å². The van der Waals surface area contributed by atoms with Gasteiger partial charge in [0.1, 0.15) is 23.0 Å². The van der Waals surface area contributed by atoms with Gasteiger partial charge in [0.15, 0.2) is 5.78 Å². The van der Waals surface area contributed by atoms with E-state index in [-0.39, 0.29) is 11.9 Å². The number of thiophene rings is 1. The number of amidine groups is 1. The second-order valence-corrected chi connectivity index (χ2v) is 9.42. The Morgan fingerprint density at radius 1 is 1.29 bits per heavy atom. The standard InChI is InChI=1S/C23H24ClN3O3S/c1-14(2)29-20-12-15(23-25-10-11-27(23)3)4-6-17(20)18-13-16(30-26-18)5-7-19(28)21-8-9-22(24)31-21/h4,6,8-9,12-14H,5,7,10-11H2,1-3H3. The van der Waals surface area contributed by atoms with Crippen molar-refractivity contribution in [2.45, 2.75) is 32.8 Å². The summed E-state index contributed by atoms with van der Waals surface area (Å²) in [6.45, 7) is 5.70. The highest BCUT2D eigenvalue weighted by molar-refractivity contribution is 7.18. The number of rotatable bonds is 8. The molecule has 1 aliphatic rings. The molecule has 6 nitrogen and oxygen atoms in total. The van der Waals surface area contributed by atoms with Crippen molar-refractivity contribution in [2.24, 2.45) is 4.99 Å². The number of nitrogens with zero attached hydrogens (tertiary/aromatic N) is 3. The van der Waals surface area contributed by atoms with E-state index in [1.165, 1.54) is 11.3 Å². The second kappa shape index (κ2) is 9.24. The number of halogens is 1. The van der Waals surface area contributed by atoms with Crippen molar-refractivity contribution in [3.05, 3.63) is 56.9 Å². The third kappa shape index (κ3) is 4.99. The lowest BCUT2D eigenvalue weighted by Gasteiger charge is -2.17. The number of ether oxygens (including phenoxy) is 1. The first kappa shape index (κ1) is 21.6. The molecule has 0 saturated heterocycles. The van der Waals surface area contributed by atoms with Gasteiger partial charge in [0.05, 0.1) is 21.9 Å². The summed E-state index contributed by atoms with van der Waals surface area (Å²) in [4.78, 5) is 19.7. The van der Waals surface area contributed by atoms with Crippen LogP contribution in [-0.4, -0.2) is 47.9 Å². The van der Waals surface area contributed by atoms with Crippen LogP contribution in [-0.2, 0) is 6.42 Å². The van der Waals surface area contributed by atoms with Gasteiger partial charge in [-0.05, 0) is 38.1 Å². The Bertz CT molecular complexity index is 1120. The Kier molecular flexibility index (Phi) is 6.43. The number of likely N-dealkylation sites (N-methyl/N-ethyl adjacent to an activating group) is 1. The van der Waals surface area contributed by atoms with E-state index >= 15 is 0 Å². The van der Waals surface area contributed by atoms with Crippen LogP contribution >= 0.6 is 22.9 Å². The predicted molar refractivity (Wildman–Crippen MR) is 124 cm³/mol. The lowest BCUT2D eigenvalue weighted by Crippen LogP contribution is -2.23. The molecule has 0 radical (unpaired) electrons. The molecule has 4 rings (SSSR count). The number of hydrogen-bond acceptors (Lipinski definition) is 7. The molecule has 1 aromatic carbocycles. The monoisotopic (exact) mass is 457 g/mol. The molecule has 3 aromatic rings. The van der Waals surface area contributed by atoms with Gasteiger partial charge in [-0.1, -0.05) is 22.8 Å². The molecule has 1 aliphatic heterocycles. The van der Waals surface area contributed by atoms with Crippen LogP contribution in [0.25, 0.3) is 11.3 Å². The quantitative estimate of drug-likeness (QED) is 0.426. The number of benzene rings is 1. The summed E-state index contributed by atoms with van der Waals surface area (Å²) < 4.78 is 12.2. The summed E-state index contributed by atoms with van der Waals surface area (Å²) in [5.74, 6) is 2.41. The number of ketones is 1. The van der Waals surface area contributed by atoms with Crippen LogP contribution < -0.4 is 4.74 Å². The minimum atomic E-state index is 0.0128. The van der Waals surface area contributed by atoms with Crippen molar-refractivity contribution in [1.82, 2.24) is 10.1 Å². The number of carbonyl (C=O) groups is 1. The molecule has 0 aliphatic carbocycles. The fourth-order valence-electron chi connectivity index (χ4n) is 3.45. The third-order valence-electron chi connectivity index (χ3n) is 4.94. The van der Waals surface area contributed by atoms with Gasteiger partial charge >= 0.3 is 0 Å². The van der Waals surface area contributed by atoms with Crippen molar-refractivity contribution < 1.29 is 14.1 Å². The van der Waals surface area contributed by atoms with E-state index < -0.39 is 0 Å². The molecule has 0 fully saturated rings. The van der Waals surface area contributed by atoms with E-state index in [0.717, 1.165) is 35.8 Å². The minimum Gasteiger partial charge on any atom is -0.490 e. The largest absolute Gasteiger partial charge is 0.490 e. The summed E-state index contributed by atoms with van der Waals surface area (Å²) in [5, 5.41) is 4.23. The SMILES string of the molecule is CC(C)Oc1cc(C2=NCCN2C)ccc1-c1cc(CCC(=O)c2ccc(Cl)s2)on1. The van der Waals surface area contributed by atoms with E-state index in [9.17, 15) is 4.79 Å². The number of Topliss-reactive ketones (excluding diaryl/α,β-unsaturated/α-hetero) is 1. The summed E-state index contributed by atoms with van der Waals surface area (Å²) in [6, 6.07) is 11.4. The molecule has 0 amide bonds. The summed E-state index contributed by atoms with van der Waals surface area (Å²) in [7, 11) is 2.04. The van der Waals surface area contributed by atoms with Gasteiger partial charge in [-0.2, -0.15) is 0 Å². The van der Waals surface area contributed by atoms with Crippen LogP contribution in [0.2, 0.25) is 4.34 Å². The van der Waals surface area contributed by atoms with Gasteiger partial charge in [0, 0.05) is 43.6 Å². The lowest BCUT2D eigenvalue weighted by atomic mass is 10.1. The molecular formula is C23H24ClN3O3S. The maximum Gasteiger partial charge on any atom is 0.173 e. The Morgan fingerprint density at radius 3 is 2.81 bits per heavy atom. The summed E-state index contributed by atoms with van der Waals surface area (Å²) in [5.41, 5.74) is 2.55. The highest BCUT2D eigenvalue weighted by Crippen LogP contribution is 2.33. The van der Waals surface area contributed by atoms with E-state index in [4.69, 9.17) is 20.9 Å². The Balaban J connectivity index is 1.53. The number of hydrogen-bond donors (Lipinski definition) is 0. The van der Waals surface area contributed by atoms with E-state index in [2.05, 4.69) is 15.0 Å². The Labute approximate surface area is 190 Å². The van der Waals surface area contributed by atoms with Gasteiger partial charge < -0.3 is 14.2 Å². The van der Waals surface area contributed by atoms with E-state index in [0.29, 0.717) is 33.5 Å². The summed E-state index contributed by atoms with van der Waals surface area (Å²) in [6.07, 6.45) is 0.826. The first-order valence-electron chi connectivity index (χ1n) is 10.2. The van der Waals surface area contributed by atoms with Gasteiger partial charge in [0.25, 0.3) is 0 Å². The maximum atomic E-state index is 12.3. The lowest BCUT2D eigenvalue weighted by molar-refractivity contribution is 0.0984. The van der Waals surface area contributed by atoms with Crippen molar-refractivity contribution in [1.29, 1.82) is 0 Å². The maximum absolute atomic E-state index is 12.3. The van der Waals surface area contributed by atoms with Crippen LogP contribution in [0, 0.1) is 0 Å². The van der Waals surface area contributed by atoms with Gasteiger partial charge in [0.2, 0.25) is 0 Å². The zero-order valence-corrected chi connectivity index (χ0v) is 19.3. The molecule has 0 atom stereocenters. The molecule has 31 heavy (non-hydrogen) atoms. The zero-order chi connectivity index (χ0) is 22.0. The first-order valence-corrected chi connectivity index (χ1v) is 11.4. The molecule has 0 unspecified atom stereocenters. The van der Waals surface area contributed by atoms with Crippen molar-refractivity contribution in [3.63, 3.8) is 0 Å². The average molecular weight is 458 g/mol. The van der Waals surface area contributed by atoms with Crippen LogP contribution in [0.15, 0.2) is 45.9 Å². The third-order valence-corrected chi connectivity index (χ3v) is 6.21. The first-order chi connectivity index (χ1) is 14.9. The Hall–Kier alpha value is -2.64. The summed E-state index contributed by atoms with van der Waals surface area (Å²) >= 11 is 7.21. The van der Waals surface area contributed by atoms with Crippen LogP contribution in [0.3, 0.4) is 0 Å². The molecular weight excluding hydrogens is 434 g/mol. The highest BCUT2D eigenvalue weighted by Gasteiger charge is 2.19. The van der Waals surface area contributed by atoms with Gasteiger partial charge in [-0.3, -0.25) is 9.79 Å². The zero-order valence-electron chi connectivity index (χ0n) is 17.7. The number of aryl methyl sites for hydroxylation is 1. The fourth-order valence-corrected chi connectivity index (χ4v) is 4.46. The molecule has 0 saturated carbocycles. The Morgan fingerprint density at radius 2 is 2.13 bits per heavy atom. The number of aromatic nitrogens is 1.